The average Bonchev–Trinajstić information content (AvgIpc) is 2.52. The van der Waals surface area contributed by atoms with E-state index in [1.807, 2.05) is 0 Å². The Morgan fingerprint density at radius 1 is 1.25 bits per heavy atom. The predicted molar refractivity (Wildman–Crippen MR) is 82.7 cm³/mol. The summed E-state index contributed by atoms with van der Waals surface area (Å²) in [6, 6.07) is 0. The molecule has 4 nitrogen and oxygen atoms in total. The molecular weight excluding hydrogens is 250 g/mol. The zero-order valence-electron chi connectivity index (χ0n) is 13.0. The molecule has 2 saturated heterocycles. The normalized spacial score (nSPS) is 25.6. The summed E-state index contributed by atoms with van der Waals surface area (Å²) >= 11 is 0. The van der Waals surface area contributed by atoms with Crippen molar-refractivity contribution < 1.29 is 4.79 Å². The van der Waals surface area contributed by atoms with Crippen molar-refractivity contribution in [1.29, 1.82) is 0 Å². The summed E-state index contributed by atoms with van der Waals surface area (Å²) in [5.41, 5.74) is 0. The number of nitrogens with zero attached hydrogens (tertiary/aromatic N) is 1. The fourth-order valence-corrected chi connectivity index (χ4v) is 3.36. The van der Waals surface area contributed by atoms with Gasteiger partial charge in [-0.15, -0.1) is 0 Å². The molecule has 0 spiro atoms. The lowest BCUT2D eigenvalue weighted by Gasteiger charge is -2.31. The minimum atomic E-state index is 0.258. The zero-order valence-corrected chi connectivity index (χ0v) is 13.0. The molecule has 2 aliphatic rings. The first-order valence-corrected chi connectivity index (χ1v) is 8.47. The van der Waals surface area contributed by atoms with Crippen molar-refractivity contribution in [2.45, 2.75) is 45.4 Å². The van der Waals surface area contributed by atoms with E-state index in [1.165, 1.54) is 38.8 Å². The van der Waals surface area contributed by atoms with E-state index in [0.717, 1.165) is 32.6 Å². The van der Waals surface area contributed by atoms with Crippen LogP contribution >= 0.6 is 0 Å². The van der Waals surface area contributed by atoms with Gasteiger partial charge in [0.25, 0.3) is 0 Å². The Kier molecular flexibility index (Phi) is 6.80. The van der Waals surface area contributed by atoms with E-state index < -0.39 is 0 Å². The predicted octanol–water partition coefficient (Wildman–Crippen LogP) is 1.61. The van der Waals surface area contributed by atoms with E-state index in [-0.39, 0.29) is 5.91 Å². The standard InChI is InChI=1S/C16H31N3O/c1-2-19-10-7-15(8-11-19)13-18-16(20)6-5-14-4-3-9-17-12-14/h14-15,17H,2-13H2,1H3,(H,18,20). The first kappa shape index (κ1) is 15.8. The number of hydrogen-bond donors (Lipinski definition) is 2. The van der Waals surface area contributed by atoms with Gasteiger partial charge < -0.3 is 15.5 Å². The molecule has 116 valence electrons. The third-order valence-corrected chi connectivity index (χ3v) is 4.92. The van der Waals surface area contributed by atoms with E-state index in [0.29, 0.717) is 18.3 Å². The molecule has 2 N–H and O–H groups in total. The maximum Gasteiger partial charge on any atom is 0.220 e. The number of hydrogen-bond acceptors (Lipinski definition) is 3. The highest BCUT2D eigenvalue weighted by Crippen LogP contribution is 2.17. The minimum absolute atomic E-state index is 0.258. The monoisotopic (exact) mass is 281 g/mol. The van der Waals surface area contributed by atoms with Gasteiger partial charge >= 0.3 is 0 Å². The minimum Gasteiger partial charge on any atom is -0.356 e. The van der Waals surface area contributed by atoms with Crippen LogP contribution in [0.3, 0.4) is 0 Å². The van der Waals surface area contributed by atoms with Crippen LogP contribution in [0.4, 0.5) is 0 Å². The van der Waals surface area contributed by atoms with Crippen LogP contribution in [-0.4, -0.2) is 50.1 Å². The molecule has 20 heavy (non-hydrogen) atoms. The van der Waals surface area contributed by atoms with E-state index in [2.05, 4.69) is 22.5 Å². The van der Waals surface area contributed by atoms with Gasteiger partial charge in [-0.3, -0.25) is 4.79 Å². The second-order valence-electron chi connectivity index (χ2n) is 6.43. The molecule has 1 unspecified atom stereocenters. The third-order valence-electron chi connectivity index (χ3n) is 4.92. The Hall–Kier alpha value is -0.610. The molecule has 0 radical (unpaired) electrons. The maximum absolute atomic E-state index is 11.9. The van der Waals surface area contributed by atoms with Gasteiger partial charge in [0.05, 0.1) is 0 Å². The summed E-state index contributed by atoms with van der Waals surface area (Å²) in [5, 5.41) is 6.56. The van der Waals surface area contributed by atoms with E-state index in [4.69, 9.17) is 0 Å². The van der Waals surface area contributed by atoms with Gasteiger partial charge in [0, 0.05) is 13.0 Å². The SMILES string of the molecule is CCN1CCC(CNC(=O)CCC2CCCNC2)CC1. The van der Waals surface area contributed by atoms with Gasteiger partial charge in [0.1, 0.15) is 0 Å². The van der Waals surface area contributed by atoms with Crippen molar-refractivity contribution in [2.24, 2.45) is 11.8 Å². The lowest BCUT2D eigenvalue weighted by Crippen LogP contribution is -2.38. The van der Waals surface area contributed by atoms with E-state index in [1.54, 1.807) is 0 Å². The number of carbonyl (C=O) groups excluding carboxylic acids is 1. The van der Waals surface area contributed by atoms with Gasteiger partial charge in [0.15, 0.2) is 0 Å². The molecule has 0 saturated carbocycles. The summed E-state index contributed by atoms with van der Waals surface area (Å²) in [7, 11) is 0. The lowest BCUT2D eigenvalue weighted by molar-refractivity contribution is -0.121. The van der Waals surface area contributed by atoms with Gasteiger partial charge in [-0.05, 0) is 76.7 Å². The van der Waals surface area contributed by atoms with Gasteiger partial charge in [-0.25, -0.2) is 0 Å². The Bertz CT molecular complexity index is 281. The van der Waals surface area contributed by atoms with Crippen LogP contribution in [0.1, 0.15) is 45.4 Å². The van der Waals surface area contributed by atoms with Crippen LogP contribution in [0.2, 0.25) is 0 Å². The first-order chi connectivity index (χ1) is 9.78. The third kappa shape index (κ3) is 5.41. The Balaban J connectivity index is 1.53. The highest BCUT2D eigenvalue weighted by molar-refractivity contribution is 5.75. The van der Waals surface area contributed by atoms with Crippen molar-refractivity contribution in [3.63, 3.8) is 0 Å². The van der Waals surface area contributed by atoms with Crippen molar-refractivity contribution in [2.75, 3.05) is 39.3 Å². The van der Waals surface area contributed by atoms with Crippen LogP contribution in [0, 0.1) is 11.8 Å². The molecule has 2 aliphatic heterocycles. The Morgan fingerprint density at radius 3 is 2.70 bits per heavy atom. The summed E-state index contributed by atoms with van der Waals surface area (Å²) in [5.74, 6) is 1.66. The fourth-order valence-electron chi connectivity index (χ4n) is 3.36. The van der Waals surface area contributed by atoms with Gasteiger partial charge in [-0.1, -0.05) is 6.92 Å². The second-order valence-corrected chi connectivity index (χ2v) is 6.43. The Morgan fingerprint density at radius 2 is 2.05 bits per heavy atom. The van der Waals surface area contributed by atoms with Crippen molar-refractivity contribution >= 4 is 5.91 Å². The number of carbonyl (C=O) groups is 1. The van der Waals surface area contributed by atoms with Crippen molar-refractivity contribution in [3.05, 3.63) is 0 Å². The number of nitrogens with one attached hydrogen (secondary N) is 2. The summed E-state index contributed by atoms with van der Waals surface area (Å²) < 4.78 is 0. The molecular formula is C16H31N3O. The number of amides is 1. The van der Waals surface area contributed by atoms with Crippen molar-refractivity contribution in [1.82, 2.24) is 15.5 Å². The van der Waals surface area contributed by atoms with E-state index in [9.17, 15) is 4.79 Å². The summed E-state index contributed by atoms with van der Waals surface area (Å²) in [4.78, 5) is 14.4. The average molecular weight is 281 g/mol. The fraction of sp³-hybridized carbons (Fsp3) is 0.938. The topological polar surface area (TPSA) is 44.4 Å². The van der Waals surface area contributed by atoms with Gasteiger partial charge in [-0.2, -0.15) is 0 Å². The quantitative estimate of drug-likeness (QED) is 0.777. The Labute approximate surface area is 123 Å². The molecule has 0 aromatic rings. The molecule has 1 amide bonds. The van der Waals surface area contributed by atoms with Gasteiger partial charge in [0.2, 0.25) is 5.91 Å². The molecule has 0 aromatic heterocycles. The molecule has 2 fully saturated rings. The highest BCUT2D eigenvalue weighted by atomic mass is 16.1. The van der Waals surface area contributed by atoms with Crippen molar-refractivity contribution in [3.8, 4) is 0 Å². The maximum atomic E-state index is 11.9. The lowest BCUT2D eigenvalue weighted by atomic mass is 9.94. The summed E-state index contributed by atoms with van der Waals surface area (Å²) in [6.45, 7) is 8.92. The largest absolute Gasteiger partial charge is 0.356 e. The van der Waals surface area contributed by atoms with Crippen LogP contribution in [0.5, 0.6) is 0 Å². The van der Waals surface area contributed by atoms with Crippen LogP contribution in [0.15, 0.2) is 0 Å². The van der Waals surface area contributed by atoms with E-state index >= 15 is 0 Å². The number of rotatable bonds is 6. The molecule has 2 rings (SSSR count). The summed E-state index contributed by atoms with van der Waals surface area (Å²) in [6.07, 6.45) is 6.78. The first-order valence-electron chi connectivity index (χ1n) is 8.47. The smallest absolute Gasteiger partial charge is 0.220 e. The second kappa shape index (κ2) is 8.63. The molecule has 0 aliphatic carbocycles. The molecule has 4 heteroatoms. The molecule has 2 heterocycles. The van der Waals surface area contributed by atoms with Crippen LogP contribution in [0.25, 0.3) is 0 Å². The molecule has 1 atom stereocenters. The molecule has 0 bridgehead atoms. The highest BCUT2D eigenvalue weighted by Gasteiger charge is 2.19. The zero-order chi connectivity index (χ0) is 14.2. The van der Waals surface area contributed by atoms with Crippen LogP contribution < -0.4 is 10.6 Å². The number of likely N-dealkylation sites (tertiary alicyclic amines) is 1. The van der Waals surface area contributed by atoms with Crippen LogP contribution in [-0.2, 0) is 4.79 Å². The number of piperidine rings is 2. The molecule has 0 aromatic carbocycles.